The quantitative estimate of drug-likeness (QED) is 0.829. The Balaban J connectivity index is 1.71. The lowest BCUT2D eigenvalue weighted by atomic mass is 9.90. The lowest BCUT2D eigenvalue weighted by Gasteiger charge is -2.24. The van der Waals surface area contributed by atoms with Crippen molar-refractivity contribution in [2.45, 2.75) is 32.6 Å². The number of hydrogen-bond acceptors (Lipinski definition) is 4. The number of carbonyl (C=O) groups is 1. The van der Waals surface area contributed by atoms with E-state index >= 15 is 0 Å². The molecule has 25 heavy (non-hydrogen) atoms. The third-order valence-corrected chi connectivity index (χ3v) is 5.14. The first-order chi connectivity index (χ1) is 12.0. The van der Waals surface area contributed by atoms with E-state index in [1.807, 2.05) is 24.3 Å². The summed E-state index contributed by atoms with van der Waals surface area (Å²) in [5, 5.41) is 6.77. The molecule has 3 rings (SSSR count). The molecule has 0 aliphatic carbocycles. The third-order valence-electron chi connectivity index (χ3n) is 5.14. The number of aromatic nitrogens is 4. The monoisotopic (exact) mass is 344 g/mol. The predicted octanol–water partition coefficient (Wildman–Crippen LogP) is 1.35. The zero-order chi connectivity index (χ0) is 18.0. The number of amides is 1. The van der Waals surface area contributed by atoms with Gasteiger partial charge in [-0.25, -0.2) is 4.98 Å². The van der Waals surface area contributed by atoms with Gasteiger partial charge >= 0.3 is 0 Å². The van der Waals surface area contributed by atoms with Crippen molar-refractivity contribution >= 4 is 5.91 Å². The summed E-state index contributed by atoms with van der Waals surface area (Å²) < 4.78 is 0. The van der Waals surface area contributed by atoms with Crippen molar-refractivity contribution in [3.63, 3.8) is 0 Å². The molecule has 2 aromatic heterocycles. The van der Waals surface area contributed by atoms with E-state index in [-0.39, 0.29) is 17.7 Å². The summed E-state index contributed by atoms with van der Waals surface area (Å²) in [5.74, 6) is 1.33. The van der Waals surface area contributed by atoms with Crippen LogP contribution in [0.2, 0.25) is 0 Å². The first-order valence-corrected chi connectivity index (χ1v) is 8.96. The summed E-state index contributed by atoms with van der Waals surface area (Å²) in [5.41, 5.74) is 3.27. The number of aryl methyl sites for hydroxylation is 2. The second-order valence-electron chi connectivity index (χ2n) is 7.10. The van der Waals surface area contributed by atoms with Crippen molar-refractivity contribution in [3.05, 3.63) is 35.2 Å². The van der Waals surface area contributed by atoms with Crippen molar-refractivity contribution in [2.24, 2.45) is 5.92 Å². The number of likely N-dealkylation sites (tertiary alicyclic amines) is 1. The van der Waals surface area contributed by atoms with Crippen molar-refractivity contribution < 1.29 is 4.79 Å². The van der Waals surface area contributed by atoms with Crippen LogP contribution in [0, 0.1) is 12.8 Å². The fraction of sp³-hybridized carbons (Fsp3) is 0.611. The fourth-order valence-electron chi connectivity index (χ4n) is 3.70. The van der Waals surface area contributed by atoms with Crippen LogP contribution in [-0.2, 0) is 17.6 Å². The molecule has 0 radical (unpaired) electrons. The highest BCUT2D eigenvalue weighted by molar-refractivity contribution is 5.80. The molecule has 0 aromatic carbocycles. The Kier molecular flexibility index (Phi) is 5.22. The molecule has 3 heterocycles. The van der Waals surface area contributed by atoms with E-state index in [2.05, 4.69) is 41.0 Å². The maximum atomic E-state index is 13.1. The molecule has 0 bridgehead atoms. The van der Waals surface area contributed by atoms with Gasteiger partial charge in [-0.15, -0.1) is 0 Å². The minimum absolute atomic E-state index is 0.0361. The van der Waals surface area contributed by atoms with Crippen LogP contribution in [0.5, 0.6) is 0 Å². The number of nitrogens with one attached hydrogen (secondary N) is 2. The Morgan fingerprint density at radius 2 is 2.24 bits per heavy atom. The largest absolute Gasteiger partial charge is 0.346 e. The SMILES string of the molecule is CCc1nc([C@@H]2CN(C)C[C@H]2C(=O)N(C)CCc2cn[nH]c2)c(C)[nH]1. The number of likely N-dealkylation sites (N-methyl/N-ethyl adjacent to an activating group) is 2. The summed E-state index contributed by atoms with van der Waals surface area (Å²) in [4.78, 5) is 25.3. The number of hydrogen-bond donors (Lipinski definition) is 2. The molecule has 2 N–H and O–H groups in total. The lowest BCUT2D eigenvalue weighted by Crippen LogP contribution is -2.37. The van der Waals surface area contributed by atoms with Gasteiger partial charge in [0.05, 0.1) is 17.8 Å². The summed E-state index contributed by atoms with van der Waals surface area (Å²) >= 11 is 0. The predicted molar refractivity (Wildman–Crippen MR) is 96.4 cm³/mol. The Morgan fingerprint density at radius 1 is 1.44 bits per heavy atom. The number of H-pyrrole nitrogens is 2. The molecule has 2 aromatic rings. The topological polar surface area (TPSA) is 80.9 Å². The standard InChI is InChI=1S/C18H28N6O/c1-5-16-21-12(2)17(22-16)14-10-23(3)11-15(14)18(25)24(4)7-6-13-8-19-20-9-13/h8-9,14-15H,5-7,10-11H2,1-4H3,(H,19,20)(H,21,22)/t14-,15-/m1/s1. The zero-order valence-corrected chi connectivity index (χ0v) is 15.5. The molecular formula is C18H28N6O. The van der Waals surface area contributed by atoms with Gasteiger partial charge < -0.3 is 14.8 Å². The molecule has 7 nitrogen and oxygen atoms in total. The van der Waals surface area contributed by atoms with Crippen LogP contribution in [0.3, 0.4) is 0 Å². The van der Waals surface area contributed by atoms with Crippen LogP contribution >= 0.6 is 0 Å². The third kappa shape index (κ3) is 3.76. The molecule has 7 heteroatoms. The molecule has 1 saturated heterocycles. The van der Waals surface area contributed by atoms with Gasteiger partial charge in [0.1, 0.15) is 5.82 Å². The second-order valence-corrected chi connectivity index (χ2v) is 7.10. The van der Waals surface area contributed by atoms with Crippen LogP contribution in [0.4, 0.5) is 0 Å². The van der Waals surface area contributed by atoms with Crippen molar-refractivity contribution in [1.82, 2.24) is 30.0 Å². The van der Waals surface area contributed by atoms with Gasteiger partial charge in [0.15, 0.2) is 0 Å². The molecule has 1 aliphatic heterocycles. The fourth-order valence-corrected chi connectivity index (χ4v) is 3.70. The van der Waals surface area contributed by atoms with E-state index in [9.17, 15) is 4.79 Å². The molecule has 0 saturated carbocycles. The van der Waals surface area contributed by atoms with Gasteiger partial charge in [0, 0.05) is 50.9 Å². The number of rotatable bonds is 6. The molecule has 0 unspecified atom stereocenters. The van der Waals surface area contributed by atoms with Crippen LogP contribution in [0.15, 0.2) is 12.4 Å². The van der Waals surface area contributed by atoms with Crippen LogP contribution in [0.1, 0.15) is 35.6 Å². The number of imidazole rings is 1. The minimum atomic E-state index is -0.0361. The number of nitrogens with zero attached hydrogens (tertiary/aromatic N) is 4. The van der Waals surface area contributed by atoms with E-state index < -0.39 is 0 Å². The maximum absolute atomic E-state index is 13.1. The number of aromatic amines is 2. The zero-order valence-electron chi connectivity index (χ0n) is 15.5. The summed E-state index contributed by atoms with van der Waals surface area (Å²) in [6.07, 6.45) is 5.38. The smallest absolute Gasteiger partial charge is 0.227 e. The van der Waals surface area contributed by atoms with Crippen molar-refractivity contribution in [2.75, 3.05) is 33.7 Å². The van der Waals surface area contributed by atoms with Crippen molar-refractivity contribution in [1.29, 1.82) is 0 Å². The van der Waals surface area contributed by atoms with Crippen LogP contribution < -0.4 is 0 Å². The minimum Gasteiger partial charge on any atom is -0.346 e. The van der Waals surface area contributed by atoms with Crippen LogP contribution in [0.25, 0.3) is 0 Å². The molecule has 136 valence electrons. The average molecular weight is 344 g/mol. The number of carbonyl (C=O) groups excluding carboxylic acids is 1. The molecule has 2 atom stereocenters. The summed E-state index contributed by atoms with van der Waals surface area (Å²) in [7, 11) is 3.97. The van der Waals surface area contributed by atoms with Gasteiger partial charge in [-0.2, -0.15) is 5.10 Å². The van der Waals surface area contributed by atoms with E-state index in [1.54, 1.807) is 0 Å². The maximum Gasteiger partial charge on any atom is 0.227 e. The van der Waals surface area contributed by atoms with Crippen molar-refractivity contribution in [3.8, 4) is 0 Å². The van der Waals surface area contributed by atoms with E-state index in [4.69, 9.17) is 4.98 Å². The summed E-state index contributed by atoms with van der Waals surface area (Å²) in [6.45, 7) is 6.51. The van der Waals surface area contributed by atoms with Gasteiger partial charge in [0.2, 0.25) is 5.91 Å². The Labute approximate surface area is 148 Å². The highest BCUT2D eigenvalue weighted by atomic mass is 16.2. The Bertz CT molecular complexity index is 707. The summed E-state index contributed by atoms with van der Waals surface area (Å²) in [6, 6.07) is 0. The van der Waals surface area contributed by atoms with Gasteiger partial charge in [-0.1, -0.05) is 6.92 Å². The van der Waals surface area contributed by atoms with Crippen LogP contribution in [-0.4, -0.2) is 69.6 Å². The first-order valence-electron chi connectivity index (χ1n) is 8.96. The average Bonchev–Trinajstić information content (AvgIpc) is 3.31. The van der Waals surface area contributed by atoms with E-state index in [0.29, 0.717) is 6.54 Å². The van der Waals surface area contributed by atoms with Gasteiger partial charge in [-0.05, 0) is 26.0 Å². The molecule has 1 aliphatic rings. The molecule has 1 amide bonds. The van der Waals surface area contributed by atoms with E-state index in [1.165, 1.54) is 0 Å². The second kappa shape index (κ2) is 7.39. The Hall–Kier alpha value is -2.15. The van der Waals surface area contributed by atoms with Gasteiger partial charge in [-0.3, -0.25) is 9.89 Å². The normalized spacial score (nSPS) is 21.0. The van der Waals surface area contributed by atoms with E-state index in [0.717, 1.165) is 48.7 Å². The Morgan fingerprint density at radius 3 is 2.88 bits per heavy atom. The highest BCUT2D eigenvalue weighted by Crippen LogP contribution is 2.33. The van der Waals surface area contributed by atoms with Gasteiger partial charge in [0.25, 0.3) is 0 Å². The first kappa shape index (κ1) is 17.7. The molecule has 1 fully saturated rings. The molecule has 0 spiro atoms. The lowest BCUT2D eigenvalue weighted by molar-refractivity contribution is -0.134. The molecular weight excluding hydrogens is 316 g/mol. The highest BCUT2D eigenvalue weighted by Gasteiger charge is 2.40.